The predicted octanol–water partition coefficient (Wildman–Crippen LogP) is 2.39. The maximum absolute atomic E-state index is 12.0. The molecule has 2 N–H and O–H groups in total. The highest BCUT2D eigenvalue weighted by Gasteiger charge is 2.08. The molecule has 1 aromatic carbocycles. The summed E-state index contributed by atoms with van der Waals surface area (Å²) in [6, 6.07) is 9.06. The van der Waals surface area contributed by atoms with Gasteiger partial charge in [0.15, 0.2) is 0 Å². The third-order valence-electron chi connectivity index (χ3n) is 2.64. The molecule has 1 heterocycles. The van der Waals surface area contributed by atoms with Gasteiger partial charge in [0.25, 0.3) is 5.91 Å². The van der Waals surface area contributed by atoms with E-state index < -0.39 is 0 Å². The summed E-state index contributed by atoms with van der Waals surface area (Å²) in [5.41, 5.74) is 3.18. The van der Waals surface area contributed by atoms with Crippen LogP contribution in [0.3, 0.4) is 0 Å². The Bertz CT molecular complexity index is 573. The van der Waals surface area contributed by atoms with Crippen molar-refractivity contribution in [1.29, 1.82) is 0 Å². The zero-order valence-electron chi connectivity index (χ0n) is 11.2. The van der Waals surface area contributed by atoms with Crippen molar-refractivity contribution < 1.29 is 4.79 Å². The first kappa shape index (κ1) is 13.0. The Hall–Kier alpha value is -2.43. The van der Waals surface area contributed by atoms with E-state index in [2.05, 4.69) is 20.6 Å². The first-order chi connectivity index (χ1) is 9.08. The van der Waals surface area contributed by atoms with E-state index in [0.29, 0.717) is 11.5 Å². The van der Waals surface area contributed by atoms with Crippen LogP contribution in [0, 0.1) is 13.8 Å². The van der Waals surface area contributed by atoms with Crippen LogP contribution < -0.4 is 10.6 Å². The number of rotatable bonds is 3. The van der Waals surface area contributed by atoms with Crippen LogP contribution in [-0.4, -0.2) is 22.9 Å². The van der Waals surface area contributed by atoms with E-state index in [9.17, 15) is 4.79 Å². The molecular formula is C14H16N4O. The first-order valence-corrected chi connectivity index (χ1v) is 6.00. The maximum atomic E-state index is 12.0. The quantitative estimate of drug-likeness (QED) is 0.884. The van der Waals surface area contributed by atoms with Crippen LogP contribution in [-0.2, 0) is 0 Å². The third-order valence-corrected chi connectivity index (χ3v) is 2.64. The largest absolute Gasteiger partial charge is 0.388 e. The van der Waals surface area contributed by atoms with Crippen molar-refractivity contribution in [3.05, 3.63) is 47.3 Å². The number of anilines is 2. The minimum atomic E-state index is -0.215. The number of nitrogens with zero attached hydrogens (tertiary/aromatic N) is 2. The number of carbonyl (C=O) groups excluding carboxylic acids is 1. The van der Waals surface area contributed by atoms with Gasteiger partial charge in [-0.3, -0.25) is 10.1 Å². The summed E-state index contributed by atoms with van der Waals surface area (Å²) in [4.78, 5) is 20.4. The molecule has 0 bridgehead atoms. The van der Waals surface area contributed by atoms with Gasteiger partial charge < -0.3 is 5.32 Å². The van der Waals surface area contributed by atoms with Crippen molar-refractivity contribution in [3.8, 4) is 0 Å². The average Bonchev–Trinajstić information content (AvgIpc) is 2.37. The number of aryl methyl sites for hydroxylation is 2. The van der Waals surface area contributed by atoms with E-state index in [1.54, 1.807) is 12.1 Å². The molecule has 0 saturated heterocycles. The van der Waals surface area contributed by atoms with Crippen LogP contribution in [0.15, 0.2) is 30.3 Å². The second-order valence-electron chi connectivity index (χ2n) is 4.26. The minimum absolute atomic E-state index is 0.215. The van der Waals surface area contributed by atoms with Crippen molar-refractivity contribution in [1.82, 2.24) is 9.97 Å². The van der Waals surface area contributed by atoms with Crippen LogP contribution in [0.2, 0.25) is 0 Å². The van der Waals surface area contributed by atoms with Gasteiger partial charge in [0.1, 0.15) is 0 Å². The van der Waals surface area contributed by atoms with Crippen molar-refractivity contribution in [2.24, 2.45) is 0 Å². The van der Waals surface area contributed by atoms with Gasteiger partial charge in [-0.2, -0.15) is 0 Å². The highest BCUT2D eigenvalue weighted by atomic mass is 16.1. The molecule has 19 heavy (non-hydrogen) atoms. The maximum Gasteiger partial charge on any atom is 0.258 e. The number of aromatic nitrogens is 2. The summed E-state index contributed by atoms with van der Waals surface area (Å²) < 4.78 is 0. The summed E-state index contributed by atoms with van der Waals surface area (Å²) in [6.45, 7) is 3.73. The Morgan fingerprint density at radius 3 is 2.16 bits per heavy atom. The summed E-state index contributed by atoms with van der Waals surface area (Å²) in [6.07, 6.45) is 0. The Balaban J connectivity index is 2.15. The van der Waals surface area contributed by atoms with Gasteiger partial charge in [-0.15, -0.1) is 0 Å². The first-order valence-electron chi connectivity index (χ1n) is 6.00. The van der Waals surface area contributed by atoms with Gasteiger partial charge >= 0.3 is 0 Å². The molecule has 2 rings (SSSR count). The molecule has 2 aromatic rings. The zero-order chi connectivity index (χ0) is 13.8. The fourth-order valence-electron chi connectivity index (χ4n) is 1.74. The Kier molecular flexibility index (Phi) is 3.75. The lowest BCUT2D eigenvalue weighted by Gasteiger charge is -2.06. The van der Waals surface area contributed by atoms with E-state index >= 15 is 0 Å². The van der Waals surface area contributed by atoms with Crippen LogP contribution in [0.4, 0.5) is 11.6 Å². The molecule has 0 radical (unpaired) electrons. The molecule has 0 fully saturated rings. The molecule has 0 saturated carbocycles. The molecule has 0 spiro atoms. The van der Waals surface area contributed by atoms with Crippen LogP contribution in [0.5, 0.6) is 0 Å². The van der Waals surface area contributed by atoms with Gasteiger partial charge in [0, 0.05) is 29.7 Å². The number of nitrogens with one attached hydrogen (secondary N) is 2. The fraction of sp³-hybridized carbons (Fsp3) is 0.214. The van der Waals surface area contributed by atoms with E-state index in [1.165, 1.54) is 0 Å². The molecule has 5 nitrogen and oxygen atoms in total. The molecule has 0 unspecified atom stereocenters. The monoisotopic (exact) mass is 256 g/mol. The van der Waals surface area contributed by atoms with E-state index in [1.807, 2.05) is 39.1 Å². The summed E-state index contributed by atoms with van der Waals surface area (Å²) in [7, 11) is 1.83. The molecule has 1 aromatic heterocycles. The number of carbonyl (C=O) groups is 1. The van der Waals surface area contributed by atoms with Gasteiger partial charge in [0.05, 0.1) is 0 Å². The van der Waals surface area contributed by atoms with Crippen molar-refractivity contribution >= 4 is 17.5 Å². The van der Waals surface area contributed by atoms with E-state index in [-0.39, 0.29) is 5.91 Å². The third kappa shape index (κ3) is 3.28. The second kappa shape index (κ2) is 5.48. The molecule has 0 aliphatic rings. The van der Waals surface area contributed by atoms with Gasteiger partial charge in [0.2, 0.25) is 5.95 Å². The van der Waals surface area contributed by atoms with E-state index in [0.717, 1.165) is 17.1 Å². The van der Waals surface area contributed by atoms with Crippen molar-refractivity contribution in [2.75, 3.05) is 17.7 Å². The molecule has 0 aliphatic carbocycles. The second-order valence-corrected chi connectivity index (χ2v) is 4.26. The van der Waals surface area contributed by atoms with Gasteiger partial charge in [-0.05, 0) is 44.2 Å². The number of hydrogen-bond donors (Lipinski definition) is 2. The topological polar surface area (TPSA) is 66.9 Å². The van der Waals surface area contributed by atoms with Gasteiger partial charge in [-0.25, -0.2) is 9.97 Å². The molecule has 0 atom stereocenters. The summed E-state index contributed by atoms with van der Waals surface area (Å²) in [5, 5.41) is 5.70. The highest BCUT2D eigenvalue weighted by Crippen LogP contribution is 2.10. The van der Waals surface area contributed by atoms with Gasteiger partial charge in [-0.1, -0.05) is 0 Å². The van der Waals surface area contributed by atoms with E-state index in [4.69, 9.17) is 0 Å². The predicted molar refractivity (Wildman–Crippen MR) is 75.4 cm³/mol. The smallest absolute Gasteiger partial charge is 0.258 e. The normalized spacial score (nSPS) is 10.1. The fourth-order valence-corrected chi connectivity index (χ4v) is 1.74. The molecule has 0 aliphatic heterocycles. The van der Waals surface area contributed by atoms with Crippen molar-refractivity contribution in [3.63, 3.8) is 0 Å². The lowest BCUT2D eigenvalue weighted by molar-refractivity contribution is 0.102. The number of amides is 1. The van der Waals surface area contributed by atoms with Crippen molar-refractivity contribution in [2.45, 2.75) is 13.8 Å². The molecular weight excluding hydrogens is 240 g/mol. The summed E-state index contributed by atoms with van der Waals surface area (Å²) >= 11 is 0. The average molecular weight is 256 g/mol. The van der Waals surface area contributed by atoms with Crippen LogP contribution >= 0.6 is 0 Å². The lowest BCUT2D eigenvalue weighted by atomic mass is 10.2. The Labute approximate surface area is 112 Å². The van der Waals surface area contributed by atoms with Crippen LogP contribution in [0.25, 0.3) is 0 Å². The Morgan fingerprint density at radius 2 is 1.63 bits per heavy atom. The minimum Gasteiger partial charge on any atom is -0.388 e. The molecule has 5 heteroatoms. The van der Waals surface area contributed by atoms with Crippen LogP contribution in [0.1, 0.15) is 21.7 Å². The number of hydrogen-bond acceptors (Lipinski definition) is 4. The zero-order valence-corrected chi connectivity index (χ0v) is 11.2. The highest BCUT2D eigenvalue weighted by molar-refractivity contribution is 6.03. The standard InChI is InChI=1S/C14H16N4O/c1-9-8-10(2)17-14(16-9)18-13(19)11-4-6-12(15-3)7-5-11/h4-8,15H,1-3H3,(H,16,17,18,19). The SMILES string of the molecule is CNc1ccc(C(=O)Nc2nc(C)cc(C)n2)cc1. The lowest BCUT2D eigenvalue weighted by Crippen LogP contribution is -2.14. The number of benzene rings is 1. The summed E-state index contributed by atoms with van der Waals surface area (Å²) in [5.74, 6) is 0.118. The molecule has 98 valence electrons. The molecule has 1 amide bonds. The Morgan fingerprint density at radius 1 is 1.05 bits per heavy atom.